The highest BCUT2D eigenvalue weighted by molar-refractivity contribution is 5.69. The van der Waals surface area contributed by atoms with Gasteiger partial charge in [-0.2, -0.15) is 0 Å². The SMILES string of the molecule is CCCCC(CC)C(=O)O.NCCCO. The lowest BCUT2D eigenvalue weighted by molar-refractivity contribution is -0.142. The van der Waals surface area contributed by atoms with Crippen LogP contribution < -0.4 is 5.73 Å². The van der Waals surface area contributed by atoms with E-state index in [1.54, 1.807) is 0 Å². The number of carboxylic acid groups (broad SMARTS) is 1. The van der Waals surface area contributed by atoms with Crippen molar-refractivity contribution in [1.29, 1.82) is 0 Å². The Hall–Kier alpha value is -0.610. The van der Waals surface area contributed by atoms with Crippen LogP contribution in [0.15, 0.2) is 0 Å². The summed E-state index contributed by atoms with van der Waals surface area (Å²) in [5.41, 5.74) is 4.98. The van der Waals surface area contributed by atoms with Gasteiger partial charge in [-0.3, -0.25) is 4.79 Å². The van der Waals surface area contributed by atoms with Gasteiger partial charge in [-0.1, -0.05) is 26.7 Å². The van der Waals surface area contributed by atoms with Crippen LogP contribution in [0.1, 0.15) is 46.0 Å². The van der Waals surface area contributed by atoms with Crippen molar-refractivity contribution < 1.29 is 15.0 Å². The standard InChI is InChI=1S/C8H16O2.C3H9NO/c1-3-5-6-7(4-2)8(9)10;4-2-1-3-5/h7H,3-6H2,1-2H3,(H,9,10);5H,1-4H2. The Morgan fingerprint density at radius 2 is 1.93 bits per heavy atom. The van der Waals surface area contributed by atoms with Gasteiger partial charge in [-0.05, 0) is 25.8 Å². The van der Waals surface area contributed by atoms with E-state index >= 15 is 0 Å². The maximum absolute atomic E-state index is 10.4. The van der Waals surface area contributed by atoms with E-state index < -0.39 is 5.97 Å². The van der Waals surface area contributed by atoms with Crippen molar-refractivity contribution in [2.24, 2.45) is 11.7 Å². The van der Waals surface area contributed by atoms with Crippen molar-refractivity contribution in [2.45, 2.75) is 46.0 Å². The quantitative estimate of drug-likeness (QED) is 0.607. The summed E-state index contributed by atoms with van der Waals surface area (Å²) in [6, 6.07) is 0. The average Bonchev–Trinajstić information content (AvgIpc) is 2.20. The highest BCUT2D eigenvalue weighted by atomic mass is 16.4. The smallest absolute Gasteiger partial charge is 0.306 e. The van der Waals surface area contributed by atoms with Crippen LogP contribution in [0.2, 0.25) is 0 Å². The van der Waals surface area contributed by atoms with Gasteiger partial charge >= 0.3 is 5.97 Å². The second kappa shape index (κ2) is 13.4. The number of carbonyl (C=O) groups is 1. The van der Waals surface area contributed by atoms with Crippen LogP contribution in [0.4, 0.5) is 0 Å². The molecule has 0 amide bonds. The number of aliphatic carboxylic acids is 1. The van der Waals surface area contributed by atoms with Crippen LogP contribution in [0.3, 0.4) is 0 Å². The van der Waals surface area contributed by atoms with Crippen molar-refractivity contribution in [2.75, 3.05) is 13.2 Å². The third-order valence-electron chi connectivity index (χ3n) is 2.11. The highest BCUT2D eigenvalue weighted by Crippen LogP contribution is 2.11. The zero-order valence-electron chi connectivity index (χ0n) is 9.91. The van der Waals surface area contributed by atoms with Crippen LogP contribution in [-0.2, 0) is 4.79 Å². The molecule has 0 fully saturated rings. The van der Waals surface area contributed by atoms with Gasteiger partial charge in [-0.25, -0.2) is 0 Å². The summed E-state index contributed by atoms with van der Waals surface area (Å²) < 4.78 is 0. The van der Waals surface area contributed by atoms with Crippen LogP contribution in [0.5, 0.6) is 0 Å². The van der Waals surface area contributed by atoms with Crippen LogP contribution in [-0.4, -0.2) is 29.3 Å². The number of hydrogen-bond donors (Lipinski definition) is 3. The molecule has 92 valence electrons. The van der Waals surface area contributed by atoms with Crippen LogP contribution in [0.25, 0.3) is 0 Å². The number of hydrogen-bond acceptors (Lipinski definition) is 3. The van der Waals surface area contributed by atoms with Gasteiger partial charge in [-0.15, -0.1) is 0 Å². The molecule has 4 heteroatoms. The second-order valence-electron chi connectivity index (χ2n) is 3.45. The van der Waals surface area contributed by atoms with Gasteiger partial charge < -0.3 is 15.9 Å². The topological polar surface area (TPSA) is 83.5 Å². The van der Waals surface area contributed by atoms with Gasteiger partial charge in [0.15, 0.2) is 0 Å². The van der Waals surface area contributed by atoms with E-state index in [1.807, 2.05) is 6.92 Å². The van der Waals surface area contributed by atoms with E-state index in [0.29, 0.717) is 6.54 Å². The third kappa shape index (κ3) is 13.4. The molecule has 0 aromatic heterocycles. The zero-order chi connectivity index (χ0) is 12.1. The summed E-state index contributed by atoms with van der Waals surface area (Å²) in [6.07, 6.45) is 4.44. The Labute approximate surface area is 92.5 Å². The third-order valence-corrected chi connectivity index (χ3v) is 2.11. The molecule has 0 aromatic carbocycles. The molecule has 0 bridgehead atoms. The van der Waals surface area contributed by atoms with Crippen LogP contribution in [0, 0.1) is 5.92 Å². The van der Waals surface area contributed by atoms with Gasteiger partial charge in [0.05, 0.1) is 5.92 Å². The maximum atomic E-state index is 10.4. The predicted octanol–water partition coefficient (Wildman–Crippen LogP) is 1.61. The number of unbranched alkanes of at least 4 members (excludes halogenated alkanes) is 1. The minimum Gasteiger partial charge on any atom is -0.481 e. The van der Waals surface area contributed by atoms with E-state index in [-0.39, 0.29) is 12.5 Å². The summed E-state index contributed by atoms with van der Waals surface area (Å²) in [6.45, 7) is 4.82. The van der Waals surface area contributed by atoms with Crippen molar-refractivity contribution in [1.82, 2.24) is 0 Å². The molecule has 0 spiro atoms. The van der Waals surface area contributed by atoms with Crippen molar-refractivity contribution in [3.8, 4) is 0 Å². The molecule has 0 aromatic rings. The first-order valence-corrected chi connectivity index (χ1v) is 5.67. The summed E-state index contributed by atoms with van der Waals surface area (Å²) >= 11 is 0. The lowest BCUT2D eigenvalue weighted by atomic mass is 10.00. The molecule has 0 saturated carbocycles. The van der Waals surface area contributed by atoms with Gasteiger partial charge in [0.2, 0.25) is 0 Å². The second-order valence-corrected chi connectivity index (χ2v) is 3.45. The Kier molecular flexibility index (Phi) is 15.0. The zero-order valence-corrected chi connectivity index (χ0v) is 9.91. The molecular formula is C11H25NO3. The maximum Gasteiger partial charge on any atom is 0.306 e. The molecule has 0 rings (SSSR count). The number of aliphatic hydroxyl groups excluding tert-OH is 1. The average molecular weight is 219 g/mol. The van der Waals surface area contributed by atoms with Crippen molar-refractivity contribution in [3.05, 3.63) is 0 Å². The molecule has 0 heterocycles. The summed E-state index contributed by atoms with van der Waals surface area (Å²) in [5.74, 6) is -0.754. The fraction of sp³-hybridized carbons (Fsp3) is 0.909. The van der Waals surface area contributed by atoms with E-state index in [1.165, 1.54) is 0 Å². The number of carboxylic acids is 1. The minimum absolute atomic E-state index is 0.111. The first-order chi connectivity index (χ1) is 7.13. The molecule has 0 aliphatic carbocycles. The van der Waals surface area contributed by atoms with Gasteiger partial charge in [0, 0.05) is 6.61 Å². The van der Waals surface area contributed by atoms with E-state index in [9.17, 15) is 4.79 Å². The van der Waals surface area contributed by atoms with E-state index in [2.05, 4.69) is 6.92 Å². The molecule has 1 unspecified atom stereocenters. The van der Waals surface area contributed by atoms with Crippen molar-refractivity contribution in [3.63, 3.8) is 0 Å². The van der Waals surface area contributed by atoms with E-state index in [0.717, 1.165) is 32.1 Å². The largest absolute Gasteiger partial charge is 0.481 e. The number of rotatable bonds is 7. The molecule has 0 radical (unpaired) electrons. The normalized spacial score (nSPS) is 11.5. The first kappa shape index (κ1) is 16.8. The number of aliphatic hydroxyl groups is 1. The number of nitrogens with two attached hydrogens (primary N) is 1. The Morgan fingerprint density at radius 3 is 2.13 bits per heavy atom. The van der Waals surface area contributed by atoms with Crippen LogP contribution >= 0.6 is 0 Å². The fourth-order valence-electron chi connectivity index (χ4n) is 1.04. The first-order valence-electron chi connectivity index (χ1n) is 5.67. The lowest BCUT2D eigenvalue weighted by Gasteiger charge is -2.06. The molecule has 4 nitrogen and oxygen atoms in total. The van der Waals surface area contributed by atoms with Gasteiger partial charge in [0.1, 0.15) is 0 Å². The monoisotopic (exact) mass is 219 g/mol. The fourth-order valence-corrected chi connectivity index (χ4v) is 1.04. The molecule has 15 heavy (non-hydrogen) atoms. The lowest BCUT2D eigenvalue weighted by Crippen LogP contribution is -2.11. The van der Waals surface area contributed by atoms with Crippen molar-refractivity contribution >= 4 is 5.97 Å². The predicted molar refractivity (Wildman–Crippen MR) is 61.7 cm³/mol. The molecule has 4 N–H and O–H groups in total. The van der Waals surface area contributed by atoms with E-state index in [4.69, 9.17) is 15.9 Å². The summed E-state index contributed by atoms with van der Waals surface area (Å²) in [4.78, 5) is 10.4. The Morgan fingerprint density at radius 1 is 1.33 bits per heavy atom. The molecule has 1 atom stereocenters. The Balaban J connectivity index is 0. The molecule has 0 saturated heterocycles. The minimum atomic E-state index is -0.643. The molecule has 0 aliphatic heterocycles. The molecule has 0 aliphatic rings. The summed E-state index contributed by atoms with van der Waals surface area (Å²) in [7, 11) is 0. The van der Waals surface area contributed by atoms with Gasteiger partial charge in [0.25, 0.3) is 0 Å². The summed E-state index contributed by atoms with van der Waals surface area (Å²) in [5, 5.41) is 16.6. The molecular weight excluding hydrogens is 194 g/mol. The highest BCUT2D eigenvalue weighted by Gasteiger charge is 2.12. The Bertz CT molecular complexity index is 138.